The van der Waals surface area contributed by atoms with E-state index in [0.717, 1.165) is 48.1 Å². The molecule has 2 aromatic carbocycles. The van der Waals surface area contributed by atoms with E-state index in [2.05, 4.69) is 39.6 Å². The fourth-order valence-electron chi connectivity index (χ4n) is 3.70. The van der Waals surface area contributed by atoms with E-state index in [1.807, 2.05) is 31.2 Å². The molecule has 1 aliphatic heterocycles. The van der Waals surface area contributed by atoms with Gasteiger partial charge in [0.25, 0.3) is 0 Å². The van der Waals surface area contributed by atoms with Crippen LogP contribution in [-0.2, 0) is 23.0 Å². The Balaban J connectivity index is 1.66. The monoisotopic (exact) mass is 365 g/mol. The molecule has 134 valence electrons. The number of rotatable bonds is 5. The highest BCUT2D eigenvalue weighted by Gasteiger charge is 2.21. The molecule has 0 radical (unpaired) electrons. The molecule has 1 aromatic heterocycles. The van der Waals surface area contributed by atoms with E-state index in [0.29, 0.717) is 10.9 Å². The van der Waals surface area contributed by atoms with Crippen molar-refractivity contribution in [2.24, 2.45) is 0 Å². The smallest absolute Gasteiger partial charge is 0.197 e. The molecule has 5 heteroatoms. The number of imidazole rings is 1. The van der Waals surface area contributed by atoms with Gasteiger partial charge in [0.15, 0.2) is 5.16 Å². The first kappa shape index (κ1) is 17.0. The van der Waals surface area contributed by atoms with Crippen molar-refractivity contribution in [2.45, 2.75) is 30.7 Å². The van der Waals surface area contributed by atoms with E-state index in [4.69, 9.17) is 0 Å². The summed E-state index contributed by atoms with van der Waals surface area (Å²) in [6, 6.07) is 12.4. The molecule has 0 saturated carbocycles. The maximum absolute atomic E-state index is 13.0. The van der Waals surface area contributed by atoms with Crippen molar-refractivity contribution in [3.8, 4) is 0 Å². The number of nitrogens with one attached hydrogen (secondary N) is 1. The predicted octanol–water partition coefficient (Wildman–Crippen LogP) is 4.12. The van der Waals surface area contributed by atoms with Gasteiger partial charge in [-0.1, -0.05) is 30.3 Å². The maximum atomic E-state index is 13.0. The number of para-hydroxylation sites is 1. The average Bonchev–Trinajstić information content (AvgIpc) is 3.05. The Morgan fingerprint density at radius 2 is 2.23 bits per heavy atom. The van der Waals surface area contributed by atoms with Crippen LogP contribution in [0.3, 0.4) is 0 Å². The van der Waals surface area contributed by atoms with Gasteiger partial charge in [-0.15, -0.1) is 6.58 Å². The van der Waals surface area contributed by atoms with Crippen LogP contribution in [0.25, 0.3) is 11.0 Å². The SMILES string of the molecule is C=CCN1CCCc2cccc(CS(=O)c3nc4ccc(C)cc4[nH]3)c21. The quantitative estimate of drug-likeness (QED) is 0.692. The number of aromatic nitrogens is 2. The Labute approximate surface area is 156 Å². The van der Waals surface area contributed by atoms with Gasteiger partial charge in [0, 0.05) is 18.8 Å². The highest BCUT2D eigenvalue weighted by atomic mass is 32.2. The van der Waals surface area contributed by atoms with Crippen LogP contribution in [0.5, 0.6) is 0 Å². The van der Waals surface area contributed by atoms with E-state index in [9.17, 15) is 4.21 Å². The second kappa shape index (κ2) is 7.08. The lowest BCUT2D eigenvalue weighted by Gasteiger charge is -2.32. The van der Waals surface area contributed by atoms with Gasteiger partial charge in [0.2, 0.25) is 0 Å². The lowest BCUT2D eigenvalue weighted by molar-refractivity contribution is 0.676. The van der Waals surface area contributed by atoms with Gasteiger partial charge in [-0.25, -0.2) is 4.98 Å². The number of aromatic amines is 1. The fourth-order valence-corrected chi connectivity index (χ4v) is 4.77. The second-order valence-corrected chi connectivity index (χ2v) is 8.18. The Bertz CT molecular complexity index is 992. The molecule has 0 aliphatic carbocycles. The van der Waals surface area contributed by atoms with Crippen molar-refractivity contribution in [1.29, 1.82) is 0 Å². The van der Waals surface area contributed by atoms with Crippen molar-refractivity contribution in [2.75, 3.05) is 18.0 Å². The third-order valence-corrected chi connectivity index (χ3v) is 6.06. The summed E-state index contributed by atoms with van der Waals surface area (Å²) in [5, 5.41) is 0.550. The highest BCUT2D eigenvalue weighted by molar-refractivity contribution is 7.84. The molecule has 1 aliphatic rings. The number of hydrogen-bond donors (Lipinski definition) is 1. The summed E-state index contributed by atoms with van der Waals surface area (Å²) in [5.74, 6) is 0.468. The van der Waals surface area contributed by atoms with E-state index in [-0.39, 0.29) is 0 Å². The molecular weight excluding hydrogens is 342 g/mol. The highest BCUT2D eigenvalue weighted by Crippen LogP contribution is 2.32. The first-order valence-electron chi connectivity index (χ1n) is 8.97. The van der Waals surface area contributed by atoms with Crippen LogP contribution in [0.1, 0.15) is 23.1 Å². The normalized spacial score (nSPS) is 15.0. The number of hydrogen-bond acceptors (Lipinski definition) is 3. The molecule has 1 unspecified atom stereocenters. The van der Waals surface area contributed by atoms with Crippen molar-refractivity contribution in [1.82, 2.24) is 9.97 Å². The Morgan fingerprint density at radius 3 is 3.08 bits per heavy atom. The van der Waals surface area contributed by atoms with Crippen LogP contribution in [0, 0.1) is 6.92 Å². The van der Waals surface area contributed by atoms with Crippen LogP contribution < -0.4 is 4.90 Å². The summed E-state index contributed by atoms with van der Waals surface area (Å²) in [4.78, 5) is 10.1. The van der Waals surface area contributed by atoms with Gasteiger partial charge in [0.1, 0.15) is 0 Å². The molecule has 26 heavy (non-hydrogen) atoms. The van der Waals surface area contributed by atoms with E-state index in [1.54, 1.807) is 0 Å². The maximum Gasteiger partial charge on any atom is 0.197 e. The average molecular weight is 366 g/mol. The van der Waals surface area contributed by atoms with Crippen LogP contribution in [0.15, 0.2) is 54.2 Å². The second-order valence-electron chi connectivity index (χ2n) is 6.82. The minimum absolute atomic E-state index is 0.468. The lowest BCUT2D eigenvalue weighted by Crippen LogP contribution is -2.30. The Kier molecular flexibility index (Phi) is 4.64. The zero-order chi connectivity index (χ0) is 18.1. The summed E-state index contributed by atoms with van der Waals surface area (Å²) >= 11 is 0. The van der Waals surface area contributed by atoms with Crippen LogP contribution in [0.2, 0.25) is 0 Å². The molecule has 0 fully saturated rings. The Morgan fingerprint density at radius 1 is 1.35 bits per heavy atom. The molecule has 1 N–H and O–H groups in total. The van der Waals surface area contributed by atoms with Gasteiger partial charge in [0.05, 0.1) is 27.6 Å². The molecule has 0 bridgehead atoms. The van der Waals surface area contributed by atoms with Gasteiger partial charge in [-0.2, -0.15) is 0 Å². The topological polar surface area (TPSA) is 49.0 Å². The summed E-state index contributed by atoms with van der Waals surface area (Å²) in [5.41, 5.74) is 6.67. The third-order valence-electron chi connectivity index (χ3n) is 4.86. The molecule has 4 nitrogen and oxygen atoms in total. The van der Waals surface area contributed by atoms with E-state index < -0.39 is 10.8 Å². The molecule has 4 rings (SSSR count). The molecular formula is C21H23N3OS. The number of anilines is 1. The van der Waals surface area contributed by atoms with E-state index in [1.165, 1.54) is 11.3 Å². The van der Waals surface area contributed by atoms with Crippen molar-refractivity contribution in [3.63, 3.8) is 0 Å². The molecule has 3 aromatic rings. The molecule has 0 amide bonds. The largest absolute Gasteiger partial charge is 0.367 e. The van der Waals surface area contributed by atoms with Crippen LogP contribution >= 0.6 is 0 Å². The number of benzene rings is 2. The van der Waals surface area contributed by atoms with Crippen LogP contribution in [-0.4, -0.2) is 27.3 Å². The molecule has 0 spiro atoms. The minimum atomic E-state index is -1.21. The van der Waals surface area contributed by atoms with Crippen molar-refractivity contribution >= 4 is 27.5 Å². The van der Waals surface area contributed by atoms with Gasteiger partial charge in [-0.05, 0) is 48.6 Å². The Hall–Kier alpha value is -2.40. The fraction of sp³-hybridized carbons (Fsp3) is 0.286. The van der Waals surface area contributed by atoms with E-state index >= 15 is 0 Å². The summed E-state index contributed by atoms with van der Waals surface area (Å²) in [7, 11) is -1.21. The van der Waals surface area contributed by atoms with Gasteiger partial charge < -0.3 is 9.88 Å². The van der Waals surface area contributed by atoms with Crippen molar-refractivity contribution < 1.29 is 4.21 Å². The molecule has 2 heterocycles. The van der Waals surface area contributed by atoms with Crippen LogP contribution in [0.4, 0.5) is 5.69 Å². The van der Waals surface area contributed by atoms with Gasteiger partial charge >= 0.3 is 0 Å². The molecule has 0 saturated heterocycles. The number of nitrogens with zero attached hydrogens (tertiary/aromatic N) is 2. The minimum Gasteiger partial charge on any atom is -0.367 e. The first-order valence-corrected chi connectivity index (χ1v) is 10.3. The third kappa shape index (κ3) is 3.19. The zero-order valence-corrected chi connectivity index (χ0v) is 15.8. The van der Waals surface area contributed by atoms with Gasteiger partial charge in [-0.3, -0.25) is 4.21 Å². The standard InChI is InChI=1S/C21H23N3OS/c1-3-11-24-12-5-8-16-6-4-7-17(20(16)24)14-26(25)21-22-18-10-9-15(2)13-19(18)23-21/h3-4,6-7,9-10,13H,1,5,8,11-12,14H2,2H3,(H,22,23). The summed E-state index contributed by atoms with van der Waals surface area (Å²) in [6.45, 7) is 7.76. The predicted molar refractivity (Wildman–Crippen MR) is 108 cm³/mol. The number of H-pyrrole nitrogens is 1. The number of aryl methyl sites for hydroxylation is 2. The first-order chi connectivity index (χ1) is 12.7. The summed E-state index contributed by atoms with van der Waals surface area (Å²) in [6.07, 6.45) is 4.16. The zero-order valence-electron chi connectivity index (χ0n) is 15.0. The van der Waals surface area contributed by atoms with Crippen molar-refractivity contribution in [3.05, 3.63) is 65.7 Å². The molecule has 1 atom stereocenters. The summed E-state index contributed by atoms with van der Waals surface area (Å²) < 4.78 is 13.0. The number of fused-ring (bicyclic) bond motifs is 2. The lowest BCUT2D eigenvalue weighted by atomic mass is 9.98.